The van der Waals surface area contributed by atoms with E-state index in [-0.39, 0.29) is 17.0 Å². The lowest BCUT2D eigenvalue weighted by molar-refractivity contribution is 0.102. The minimum atomic E-state index is -0.358. The summed E-state index contributed by atoms with van der Waals surface area (Å²) >= 11 is 0. The zero-order valence-electron chi connectivity index (χ0n) is 21.8. The van der Waals surface area contributed by atoms with E-state index in [1.165, 1.54) is 6.07 Å². The van der Waals surface area contributed by atoms with Crippen LogP contribution >= 0.6 is 0 Å². The van der Waals surface area contributed by atoms with Crippen molar-refractivity contribution in [3.8, 4) is 5.75 Å². The van der Waals surface area contributed by atoms with E-state index in [0.29, 0.717) is 41.6 Å². The number of rotatable bonds is 7. The molecule has 0 aliphatic carbocycles. The number of H-pyrrole nitrogens is 1. The van der Waals surface area contributed by atoms with Crippen LogP contribution < -0.4 is 25.3 Å². The second-order valence-corrected chi connectivity index (χ2v) is 9.71. The molecule has 0 bridgehead atoms. The van der Waals surface area contributed by atoms with Gasteiger partial charge in [0, 0.05) is 55.7 Å². The van der Waals surface area contributed by atoms with Crippen LogP contribution in [0.25, 0.3) is 10.9 Å². The van der Waals surface area contributed by atoms with Crippen LogP contribution in [0, 0.1) is 0 Å². The van der Waals surface area contributed by atoms with Gasteiger partial charge in [-0.3, -0.25) is 9.59 Å². The molecule has 0 saturated carbocycles. The van der Waals surface area contributed by atoms with Crippen LogP contribution in [0.3, 0.4) is 0 Å². The third-order valence-corrected chi connectivity index (χ3v) is 7.33. The van der Waals surface area contributed by atoms with Gasteiger partial charge in [-0.25, -0.2) is 0 Å². The number of anilines is 3. The summed E-state index contributed by atoms with van der Waals surface area (Å²) in [6.07, 6.45) is 1.04. The predicted octanol–water partition coefficient (Wildman–Crippen LogP) is 3.16. The van der Waals surface area contributed by atoms with Crippen molar-refractivity contribution in [2.24, 2.45) is 0 Å². The molecule has 2 N–H and O–H groups in total. The van der Waals surface area contributed by atoms with Gasteiger partial charge >= 0.3 is 0 Å². The number of carbonyl (C=O) groups is 1. The number of likely N-dealkylation sites (tertiary alicyclic amines) is 1. The largest absolute Gasteiger partial charge is 0.497 e. The first-order chi connectivity index (χ1) is 18.0. The molecule has 9 nitrogen and oxygen atoms in total. The number of ether oxygens (including phenoxy) is 2. The number of carbonyl (C=O) groups excluding carboxylic acids is 1. The fourth-order valence-corrected chi connectivity index (χ4v) is 5.34. The van der Waals surface area contributed by atoms with Gasteiger partial charge in [-0.15, -0.1) is 0 Å². The van der Waals surface area contributed by atoms with E-state index < -0.39 is 0 Å². The number of likely N-dealkylation sites (N-methyl/N-ethyl adjacent to an activating group) is 2. The standard InChI is InChI=1S/C28H35N5O4/c1-4-33(21-9-10-31(2)18-21)25-16-22(36-3)15-23-26(34)17-24(30-27(23)25)28(35)29-19-5-7-20(8-6-19)32-11-13-37-14-12-32/h5-8,15-17,21H,4,9-14,18H2,1-3H3,(H,29,35)(H,30,34). The molecule has 1 amide bonds. The van der Waals surface area contributed by atoms with Crippen molar-refractivity contribution < 1.29 is 14.3 Å². The van der Waals surface area contributed by atoms with Crippen LogP contribution in [0.15, 0.2) is 47.3 Å². The first kappa shape index (κ1) is 25.1. The highest BCUT2D eigenvalue weighted by molar-refractivity contribution is 6.05. The molecule has 0 spiro atoms. The Labute approximate surface area is 217 Å². The highest BCUT2D eigenvalue weighted by Gasteiger charge is 2.27. The average molecular weight is 506 g/mol. The van der Waals surface area contributed by atoms with Gasteiger partial charge in [0.2, 0.25) is 0 Å². The number of amides is 1. The molecule has 196 valence electrons. The van der Waals surface area contributed by atoms with E-state index >= 15 is 0 Å². The van der Waals surface area contributed by atoms with Crippen molar-refractivity contribution in [2.75, 3.05) is 75.2 Å². The Morgan fingerprint density at radius 1 is 1.16 bits per heavy atom. The summed E-state index contributed by atoms with van der Waals surface area (Å²) in [6, 6.07) is 13.1. The number of morpholine rings is 1. The molecule has 5 rings (SSSR count). The molecule has 1 aromatic heterocycles. The minimum absolute atomic E-state index is 0.221. The Balaban J connectivity index is 1.45. The Bertz CT molecular complexity index is 1320. The molecule has 37 heavy (non-hydrogen) atoms. The van der Waals surface area contributed by atoms with Crippen molar-refractivity contribution in [1.29, 1.82) is 0 Å². The molecule has 2 fully saturated rings. The number of pyridine rings is 1. The number of aromatic amines is 1. The Kier molecular flexibility index (Phi) is 7.34. The molecule has 2 aliphatic heterocycles. The van der Waals surface area contributed by atoms with Crippen LogP contribution in [0.2, 0.25) is 0 Å². The third kappa shape index (κ3) is 5.28. The molecular weight excluding hydrogens is 470 g/mol. The van der Waals surface area contributed by atoms with E-state index in [4.69, 9.17) is 9.47 Å². The van der Waals surface area contributed by atoms with Crippen LogP contribution in [0.1, 0.15) is 23.8 Å². The number of benzene rings is 2. The smallest absolute Gasteiger partial charge is 0.272 e. The van der Waals surface area contributed by atoms with E-state index in [1.807, 2.05) is 30.3 Å². The van der Waals surface area contributed by atoms with Gasteiger partial charge in [0.25, 0.3) is 5.91 Å². The lowest BCUT2D eigenvalue weighted by Gasteiger charge is -2.31. The van der Waals surface area contributed by atoms with Gasteiger partial charge in [-0.1, -0.05) is 0 Å². The number of methoxy groups -OCH3 is 1. The molecule has 2 aliphatic rings. The monoisotopic (exact) mass is 505 g/mol. The number of hydrogen-bond acceptors (Lipinski definition) is 7. The van der Waals surface area contributed by atoms with Crippen LogP contribution in [0.4, 0.5) is 17.1 Å². The van der Waals surface area contributed by atoms with Crippen LogP contribution in [0.5, 0.6) is 5.75 Å². The quantitative estimate of drug-likeness (QED) is 0.510. The highest BCUT2D eigenvalue weighted by Crippen LogP contribution is 2.32. The van der Waals surface area contributed by atoms with Gasteiger partial charge in [-0.05, 0) is 57.3 Å². The molecular formula is C28H35N5O4. The maximum atomic E-state index is 13.2. The molecule has 0 radical (unpaired) electrons. The van der Waals surface area contributed by atoms with Crippen molar-refractivity contribution in [3.63, 3.8) is 0 Å². The highest BCUT2D eigenvalue weighted by atomic mass is 16.5. The van der Waals surface area contributed by atoms with Gasteiger partial charge in [0.1, 0.15) is 11.4 Å². The fraction of sp³-hybridized carbons (Fsp3) is 0.429. The molecule has 1 atom stereocenters. The molecule has 1 unspecified atom stereocenters. The van der Waals surface area contributed by atoms with E-state index in [0.717, 1.165) is 50.5 Å². The molecule has 3 heterocycles. The molecule has 3 aromatic rings. The van der Waals surface area contributed by atoms with Crippen molar-refractivity contribution in [3.05, 3.63) is 58.4 Å². The van der Waals surface area contributed by atoms with Crippen LogP contribution in [-0.2, 0) is 4.74 Å². The summed E-state index contributed by atoms with van der Waals surface area (Å²) in [4.78, 5) is 36.5. The summed E-state index contributed by atoms with van der Waals surface area (Å²) in [5, 5.41) is 3.43. The summed E-state index contributed by atoms with van der Waals surface area (Å²) in [5.74, 6) is 0.263. The number of nitrogens with one attached hydrogen (secondary N) is 2. The Hall–Kier alpha value is -3.56. The van der Waals surface area contributed by atoms with Crippen LogP contribution in [-0.4, -0.2) is 81.9 Å². The van der Waals surface area contributed by atoms with Crippen molar-refractivity contribution in [2.45, 2.75) is 19.4 Å². The zero-order valence-corrected chi connectivity index (χ0v) is 21.8. The normalized spacial score (nSPS) is 18.2. The minimum Gasteiger partial charge on any atom is -0.497 e. The second-order valence-electron chi connectivity index (χ2n) is 9.71. The van der Waals surface area contributed by atoms with Gasteiger partial charge in [-0.2, -0.15) is 0 Å². The number of aromatic nitrogens is 1. The second kappa shape index (κ2) is 10.8. The first-order valence-corrected chi connectivity index (χ1v) is 12.9. The summed E-state index contributed by atoms with van der Waals surface area (Å²) in [6.45, 7) is 7.98. The number of nitrogens with zero attached hydrogens (tertiary/aromatic N) is 3. The Morgan fingerprint density at radius 2 is 1.92 bits per heavy atom. The first-order valence-electron chi connectivity index (χ1n) is 12.9. The lowest BCUT2D eigenvalue weighted by Crippen LogP contribution is -2.37. The third-order valence-electron chi connectivity index (χ3n) is 7.33. The van der Waals surface area contributed by atoms with Gasteiger partial charge < -0.3 is 34.5 Å². The molecule has 2 aromatic carbocycles. The molecule has 2 saturated heterocycles. The van der Waals surface area contributed by atoms with Gasteiger partial charge in [0.05, 0.1) is 36.9 Å². The number of fused-ring (bicyclic) bond motifs is 1. The Morgan fingerprint density at radius 3 is 2.57 bits per heavy atom. The topological polar surface area (TPSA) is 90.1 Å². The number of hydrogen-bond donors (Lipinski definition) is 2. The van der Waals surface area contributed by atoms with E-state index in [2.05, 4.69) is 39.0 Å². The van der Waals surface area contributed by atoms with Crippen molar-refractivity contribution in [1.82, 2.24) is 9.88 Å². The van der Waals surface area contributed by atoms with Gasteiger partial charge in [0.15, 0.2) is 5.43 Å². The maximum Gasteiger partial charge on any atom is 0.272 e. The summed E-state index contributed by atoms with van der Waals surface area (Å²) in [5.41, 5.74) is 3.29. The van der Waals surface area contributed by atoms with E-state index in [9.17, 15) is 9.59 Å². The maximum absolute atomic E-state index is 13.2. The average Bonchev–Trinajstić information content (AvgIpc) is 3.35. The summed E-state index contributed by atoms with van der Waals surface area (Å²) in [7, 11) is 3.72. The predicted molar refractivity (Wildman–Crippen MR) is 147 cm³/mol. The van der Waals surface area contributed by atoms with Crippen molar-refractivity contribution >= 4 is 33.9 Å². The molecule has 9 heteroatoms. The zero-order chi connectivity index (χ0) is 25.9. The lowest BCUT2D eigenvalue weighted by atomic mass is 10.1. The SMILES string of the molecule is CCN(c1cc(OC)cc2c(=O)cc(C(=O)Nc3ccc(N4CCOCC4)cc3)[nH]c12)C1CCN(C)C1. The fourth-order valence-electron chi connectivity index (χ4n) is 5.34. The van der Waals surface area contributed by atoms with E-state index in [1.54, 1.807) is 13.2 Å². The summed E-state index contributed by atoms with van der Waals surface area (Å²) < 4.78 is 11.0.